The maximum Gasteiger partial charge on any atom is 0.0586 e. The molecule has 2 aliphatic rings. The predicted octanol–water partition coefficient (Wildman–Crippen LogP) is 1.49. The standard InChI is InChI=1S/C13H26N2O/c1-3-14-9-11-6-7-15(10-11)12-4-5-13(8-12)16-2/h11-14H,3-10H2,1-2H3. The van der Waals surface area contributed by atoms with Crippen LogP contribution in [0.15, 0.2) is 0 Å². The first-order valence-electron chi connectivity index (χ1n) is 6.81. The van der Waals surface area contributed by atoms with Crippen LogP contribution in [0.4, 0.5) is 0 Å². The first kappa shape index (κ1) is 12.3. The molecule has 3 heteroatoms. The molecule has 1 saturated heterocycles. The lowest BCUT2D eigenvalue weighted by atomic mass is 10.1. The van der Waals surface area contributed by atoms with Crippen molar-refractivity contribution in [1.29, 1.82) is 0 Å². The number of nitrogens with one attached hydrogen (secondary N) is 1. The van der Waals surface area contributed by atoms with Crippen molar-refractivity contribution in [1.82, 2.24) is 10.2 Å². The summed E-state index contributed by atoms with van der Waals surface area (Å²) in [5.74, 6) is 0.876. The van der Waals surface area contributed by atoms with E-state index in [0.717, 1.165) is 18.5 Å². The van der Waals surface area contributed by atoms with Gasteiger partial charge in [-0.15, -0.1) is 0 Å². The van der Waals surface area contributed by atoms with E-state index in [1.165, 1.54) is 45.3 Å². The maximum absolute atomic E-state index is 5.45. The molecule has 0 aromatic carbocycles. The van der Waals surface area contributed by atoms with Gasteiger partial charge in [-0.05, 0) is 51.2 Å². The summed E-state index contributed by atoms with van der Waals surface area (Å²) in [6.45, 7) is 7.09. The van der Waals surface area contributed by atoms with Crippen molar-refractivity contribution in [3.63, 3.8) is 0 Å². The zero-order valence-electron chi connectivity index (χ0n) is 10.7. The summed E-state index contributed by atoms with van der Waals surface area (Å²) in [7, 11) is 1.85. The number of ether oxygens (including phenoxy) is 1. The van der Waals surface area contributed by atoms with Gasteiger partial charge in [0, 0.05) is 19.7 Å². The average molecular weight is 226 g/mol. The van der Waals surface area contributed by atoms with Crippen molar-refractivity contribution in [2.75, 3.05) is 33.3 Å². The highest BCUT2D eigenvalue weighted by Gasteiger charge is 2.33. The zero-order chi connectivity index (χ0) is 11.4. The van der Waals surface area contributed by atoms with Gasteiger partial charge in [-0.25, -0.2) is 0 Å². The van der Waals surface area contributed by atoms with Gasteiger partial charge < -0.3 is 10.1 Å². The molecule has 0 spiro atoms. The molecule has 0 bridgehead atoms. The van der Waals surface area contributed by atoms with Gasteiger partial charge in [-0.1, -0.05) is 6.92 Å². The Kier molecular flexibility index (Phi) is 4.62. The van der Waals surface area contributed by atoms with Gasteiger partial charge in [0.25, 0.3) is 0 Å². The Labute approximate surface area is 99.5 Å². The Balaban J connectivity index is 1.72. The van der Waals surface area contributed by atoms with E-state index in [0.29, 0.717) is 6.10 Å². The number of hydrogen-bond acceptors (Lipinski definition) is 3. The minimum atomic E-state index is 0.526. The van der Waals surface area contributed by atoms with Crippen LogP contribution in [0.5, 0.6) is 0 Å². The zero-order valence-corrected chi connectivity index (χ0v) is 10.7. The summed E-state index contributed by atoms with van der Waals surface area (Å²) in [5, 5.41) is 3.47. The molecule has 1 N–H and O–H groups in total. The van der Waals surface area contributed by atoms with Crippen molar-refractivity contribution in [2.45, 2.75) is 44.8 Å². The van der Waals surface area contributed by atoms with E-state index in [1.54, 1.807) is 0 Å². The highest BCUT2D eigenvalue weighted by atomic mass is 16.5. The number of methoxy groups -OCH3 is 1. The third-order valence-corrected chi connectivity index (χ3v) is 4.21. The fourth-order valence-electron chi connectivity index (χ4n) is 3.17. The summed E-state index contributed by atoms with van der Waals surface area (Å²) >= 11 is 0. The summed E-state index contributed by atoms with van der Waals surface area (Å²) < 4.78 is 5.45. The Morgan fingerprint density at radius 1 is 1.31 bits per heavy atom. The molecule has 3 atom stereocenters. The van der Waals surface area contributed by atoms with Crippen LogP contribution in [-0.2, 0) is 4.74 Å². The van der Waals surface area contributed by atoms with Crippen LogP contribution >= 0.6 is 0 Å². The van der Waals surface area contributed by atoms with Crippen molar-refractivity contribution in [2.24, 2.45) is 5.92 Å². The molecule has 1 heterocycles. The van der Waals surface area contributed by atoms with E-state index in [4.69, 9.17) is 4.74 Å². The van der Waals surface area contributed by atoms with Crippen LogP contribution in [0.2, 0.25) is 0 Å². The molecule has 1 saturated carbocycles. The smallest absolute Gasteiger partial charge is 0.0586 e. The third kappa shape index (κ3) is 2.96. The van der Waals surface area contributed by atoms with Crippen LogP contribution in [0, 0.1) is 5.92 Å². The fraction of sp³-hybridized carbons (Fsp3) is 1.00. The van der Waals surface area contributed by atoms with Gasteiger partial charge in [-0.3, -0.25) is 4.90 Å². The molecule has 3 nitrogen and oxygen atoms in total. The second-order valence-electron chi connectivity index (χ2n) is 5.28. The van der Waals surface area contributed by atoms with Crippen LogP contribution in [0.1, 0.15) is 32.6 Å². The second kappa shape index (κ2) is 5.99. The Morgan fingerprint density at radius 3 is 2.88 bits per heavy atom. The minimum absolute atomic E-state index is 0.526. The van der Waals surface area contributed by atoms with E-state index >= 15 is 0 Å². The molecule has 0 aromatic heterocycles. The summed E-state index contributed by atoms with van der Waals surface area (Å²) in [6, 6.07) is 0.802. The molecule has 1 aliphatic carbocycles. The van der Waals surface area contributed by atoms with Gasteiger partial charge in [0.2, 0.25) is 0 Å². The van der Waals surface area contributed by atoms with Crippen LogP contribution in [0.25, 0.3) is 0 Å². The van der Waals surface area contributed by atoms with E-state index in [-0.39, 0.29) is 0 Å². The second-order valence-corrected chi connectivity index (χ2v) is 5.28. The molecular formula is C13H26N2O. The molecule has 2 rings (SSSR count). The SMILES string of the molecule is CCNCC1CCN(C2CCC(OC)C2)C1. The van der Waals surface area contributed by atoms with E-state index < -0.39 is 0 Å². The number of nitrogens with zero attached hydrogens (tertiary/aromatic N) is 1. The molecule has 2 fully saturated rings. The molecule has 0 aromatic rings. The van der Waals surface area contributed by atoms with Crippen LogP contribution < -0.4 is 5.32 Å². The molecule has 94 valence electrons. The molecule has 0 amide bonds. The van der Waals surface area contributed by atoms with Crippen molar-refractivity contribution in [3.05, 3.63) is 0 Å². The quantitative estimate of drug-likeness (QED) is 0.768. The third-order valence-electron chi connectivity index (χ3n) is 4.21. The highest BCUT2D eigenvalue weighted by Crippen LogP contribution is 2.29. The predicted molar refractivity (Wildman–Crippen MR) is 66.7 cm³/mol. The first-order valence-corrected chi connectivity index (χ1v) is 6.81. The van der Waals surface area contributed by atoms with Gasteiger partial charge in [0.05, 0.1) is 6.10 Å². The van der Waals surface area contributed by atoms with Gasteiger partial charge in [0.1, 0.15) is 0 Å². The first-order chi connectivity index (χ1) is 7.83. The van der Waals surface area contributed by atoms with Crippen LogP contribution in [-0.4, -0.2) is 50.3 Å². The topological polar surface area (TPSA) is 24.5 Å². The fourth-order valence-corrected chi connectivity index (χ4v) is 3.17. The summed E-state index contributed by atoms with van der Waals surface area (Å²) in [6.07, 6.45) is 5.76. The lowest BCUT2D eigenvalue weighted by Gasteiger charge is -2.24. The number of rotatable bonds is 5. The summed E-state index contributed by atoms with van der Waals surface area (Å²) in [4.78, 5) is 2.70. The van der Waals surface area contributed by atoms with E-state index in [9.17, 15) is 0 Å². The number of hydrogen-bond donors (Lipinski definition) is 1. The van der Waals surface area contributed by atoms with Crippen molar-refractivity contribution in [3.8, 4) is 0 Å². The lowest BCUT2D eigenvalue weighted by Crippen LogP contribution is -2.33. The largest absolute Gasteiger partial charge is 0.381 e. The van der Waals surface area contributed by atoms with Gasteiger partial charge in [-0.2, -0.15) is 0 Å². The Bertz CT molecular complexity index is 210. The van der Waals surface area contributed by atoms with E-state index in [1.807, 2.05) is 7.11 Å². The monoisotopic (exact) mass is 226 g/mol. The highest BCUT2D eigenvalue weighted by molar-refractivity contribution is 4.88. The van der Waals surface area contributed by atoms with Gasteiger partial charge in [0.15, 0.2) is 0 Å². The molecule has 16 heavy (non-hydrogen) atoms. The lowest BCUT2D eigenvalue weighted by molar-refractivity contribution is 0.0993. The summed E-state index contributed by atoms with van der Waals surface area (Å²) in [5.41, 5.74) is 0. The normalized spacial score (nSPS) is 36.0. The van der Waals surface area contributed by atoms with E-state index in [2.05, 4.69) is 17.1 Å². The molecule has 3 unspecified atom stereocenters. The Hall–Kier alpha value is -0.120. The number of likely N-dealkylation sites (tertiary alicyclic amines) is 1. The molecular weight excluding hydrogens is 200 g/mol. The van der Waals surface area contributed by atoms with Crippen molar-refractivity contribution >= 4 is 0 Å². The molecule has 1 aliphatic heterocycles. The van der Waals surface area contributed by atoms with Gasteiger partial charge >= 0.3 is 0 Å². The van der Waals surface area contributed by atoms with Crippen LogP contribution in [0.3, 0.4) is 0 Å². The van der Waals surface area contributed by atoms with Crippen molar-refractivity contribution < 1.29 is 4.74 Å². The molecule has 0 radical (unpaired) electrons. The minimum Gasteiger partial charge on any atom is -0.381 e. The maximum atomic E-state index is 5.45. The average Bonchev–Trinajstić information content (AvgIpc) is 2.94. The Morgan fingerprint density at radius 2 is 2.19 bits per heavy atom.